The van der Waals surface area contributed by atoms with Crippen molar-refractivity contribution in [2.24, 2.45) is 0 Å². The number of benzene rings is 1. The first-order valence-electron chi connectivity index (χ1n) is 4.73. The average Bonchev–Trinajstić information content (AvgIpc) is 2.12. The van der Waals surface area contributed by atoms with Crippen LogP contribution in [0.3, 0.4) is 0 Å². The van der Waals surface area contributed by atoms with Crippen LogP contribution >= 0.6 is 0 Å². The van der Waals surface area contributed by atoms with Gasteiger partial charge in [-0.05, 0) is 25.0 Å². The van der Waals surface area contributed by atoms with E-state index in [0.717, 1.165) is 12.0 Å². The topological polar surface area (TPSA) is 49.3 Å². The molecule has 0 fully saturated rings. The van der Waals surface area contributed by atoms with E-state index < -0.39 is 0 Å². The molecule has 76 valence electrons. The SMILES string of the molecule is CCCC(=O)Nc1ccc(C)c(O)c1. The summed E-state index contributed by atoms with van der Waals surface area (Å²) >= 11 is 0. The van der Waals surface area contributed by atoms with Crippen molar-refractivity contribution in [3.8, 4) is 5.75 Å². The number of carbonyl (C=O) groups excluding carboxylic acids is 1. The summed E-state index contributed by atoms with van der Waals surface area (Å²) in [6, 6.07) is 5.11. The molecule has 14 heavy (non-hydrogen) atoms. The van der Waals surface area contributed by atoms with Crippen LogP contribution in [0.1, 0.15) is 25.3 Å². The van der Waals surface area contributed by atoms with Crippen molar-refractivity contribution in [2.75, 3.05) is 5.32 Å². The zero-order valence-corrected chi connectivity index (χ0v) is 8.50. The number of phenolic OH excluding ortho intramolecular Hbond substituents is 1. The molecule has 0 heterocycles. The minimum atomic E-state index is -0.0178. The lowest BCUT2D eigenvalue weighted by Gasteiger charge is -2.05. The molecule has 0 bridgehead atoms. The Balaban J connectivity index is 2.68. The van der Waals surface area contributed by atoms with E-state index in [1.54, 1.807) is 18.2 Å². The lowest BCUT2D eigenvalue weighted by molar-refractivity contribution is -0.116. The number of anilines is 1. The van der Waals surface area contributed by atoms with Gasteiger partial charge in [-0.25, -0.2) is 0 Å². The zero-order chi connectivity index (χ0) is 10.6. The summed E-state index contributed by atoms with van der Waals surface area (Å²) in [6.45, 7) is 3.76. The van der Waals surface area contributed by atoms with Gasteiger partial charge in [0.1, 0.15) is 5.75 Å². The lowest BCUT2D eigenvalue weighted by Crippen LogP contribution is -2.10. The maximum atomic E-state index is 11.2. The first-order chi connectivity index (χ1) is 6.63. The maximum Gasteiger partial charge on any atom is 0.224 e. The number of nitrogens with one attached hydrogen (secondary N) is 1. The van der Waals surface area contributed by atoms with Gasteiger partial charge in [-0.15, -0.1) is 0 Å². The van der Waals surface area contributed by atoms with E-state index >= 15 is 0 Å². The molecule has 1 aromatic carbocycles. The second-order valence-corrected chi connectivity index (χ2v) is 3.30. The summed E-state index contributed by atoms with van der Waals surface area (Å²) in [7, 11) is 0. The normalized spacial score (nSPS) is 9.86. The summed E-state index contributed by atoms with van der Waals surface area (Å²) in [5.41, 5.74) is 1.45. The number of aromatic hydroxyl groups is 1. The Hall–Kier alpha value is -1.51. The fourth-order valence-electron chi connectivity index (χ4n) is 1.14. The van der Waals surface area contributed by atoms with Crippen LogP contribution in [0.15, 0.2) is 18.2 Å². The van der Waals surface area contributed by atoms with Crippen LogP contribution in [0.25, 0.3) is 0 Å². The zero-order valence-electron chi connectivity index (χ0n) is 8.50. The number of hydrogen-bond acceptors (Lipinski definition) is 2. The third kappa shape index (κ3) is 2.76. The Kier molecular flexibility index (Phi) is 3.51. The van der Waals surface area contributed by atoms with Gasteiger partial charge in [-0.2, -0.15) is 0 Å². The Morgan fingerprint density at radius 3 is 2.79 bits per heavy atom. The smallest absolute Gasteiger partial charge is 0.224 e. The van der Waals surface area contributed by atoms with Crippen molar-refractivity contribution in [1.82, 2.24) is 0 Å². The first kappa shape index (κ1) is 10.6. The van der Waals surface area contributed by atoms with Crippen LogP contribution in [0.4, 0.5) is 5.69 Å². The predicted molar refractivity (Wildman–Crippen MR) is 56.4 cm³/mol. The Bertz CT molecular complexity index is 334. The highest BCUT2D eigenvalue weighted by molar-refractivity contribution is 5.90. The standard InChI is InChI=1S/C11H15NO2/c1-3-4-11(14)12-9-6-5-8(2)10(13)7-9/h5-7,13H,3-4H2,1-2H3,(H,12,14). The minimum Gasteiger partial charge on any atom is -0.508 e. The molecule has 0 saturated heterocycles. The highest BCUT2D eigenvalue weighted by atomic mass is 16.3. The third-order valence-corrected chi connectivity index (χ3v) is 1.97. The molecule has 0 saturated carbocycles. The first-order valence-corrected chi connectivity index (χ1v) is 4.73. The summed E-state index contributed by atoms with van der Waals surface area (Å²) in [6.07, 6.45) is 1.33. The largest absolute Gasteiger partial charge is 0.508 e. The van der Waals surface area contributed by atoms with Crippen molar-refractivity contribution in [3.63, 3.8) is 0 Å². The number of phenols is 1. The lowest BCUT2D eigenvalue weighted by atomic mass is 10.2. The van der Waals surface area contributed by atoms with Crippen LogP contribution in [0, 0.1) is 6.92 Å². The van der Waals surface area contributed by atoms with Crippen molar-refractivity contribution in [2.45, 2.75) is 26.7 Å². The molecule has 0 spiro atoms. The molecule has 0 aliphatic rings. The van der Waals surface area contributed by atoms with Crippen LogP contribution in [-0.4, -0.2) is 11.0 Å². The molecule has 0 radical (unpaired) electrons. The van der Waals surface area contributed by atoms with Gasteiger partial charge in [0.15, 0.2) is 0 Å². The molecular weight excluding hydrogens is 178 g/mol. The maximum absolute atomic E-state index is 11.2. The average molecular weight is 193 g/mol. The molecular formula is C11H15NO2. The molecule has 3 nitrogen and oxygen atoms in total. The second-order valence-electron chi connectivity index (χ2n) is 3.30. The fourth-order valence-corrected chi connectivity index (χ4v) is 1.14. The van der Waals surface area contributed by atoms with E-state index in [9.17, 15) is 9.90 Å². The van der Waals surface area contributed by atoms with E-state index in [2.05, 4.69) is 5.32 Å². The van der Waals surface area contributed by atoms with Gasteiger partial charge < -0.3 is 10.4 Å². The molecule has 0 aliphatic carbocycles. The van der Waals surface area contributed by atoms with Gasteiger partial charge in [0, 0.05) is 18.2 Å². The van der Waals surface area contributed by atoms with Crippen molar-refractivity contribution >= 4 is 11.6 Å². The minimum absolute atomic E-state index is 0.0178. The number of rotatable bonds is 3. The van der Waals surface area contributed by atoms with E-state index in [0.29, 0.717) is 12.1 Å². The van der Waals surface area contributed by atoms with Gasteiger partial charge in [-0.3, -0.25) is 4.79 Å². The molecule has 0 atom stereocenters. The molecule has 2 N–H and O–H groups in total. The van der Waals surface area contributed by atoms with Crippen molar-refractivity contribution < 1.29 is 9.90 Å². The van der Waals surface area contributed by atoms with E-state index in [-0.39, 0.29) is 11.7 Å². The Morgan fingerprint density at radius 2 is 2.21 bits per heavy atom. The monoisotopic (exact) mass is 193 g/mol. The molecule has 3 heteroatoms. The van der Waals surface area contributed by atoms with Gasteiger partial charge in [0.2, 0.25) is 5.91 Å². The van der Waals surface area contributed by atoms with Crippen LogP contribution < -0.4 is 5.32 Å². The Morgan fingerprint density at radius 1 is 1.50 bits per heavy atom. The van der Waals surface area contributed by atoms with Gasteiger partial charge in [-0.1, -0.05) is 13.0 Å². The quantitative estimate of drug-likeness (QED) is 0.774. The van der Waals surface area contributed by atoms with Gasteiger partial charge in [0.05, 0.1) is 0 Å². The highest BCUT2D eigenvalue weighted by Gasteiger charge is 2.02. The van der Waals surface area contributed by atoms with Gasteiger partial charge in [0.25, 0.3) is 0 Å². The van der Waals surface area contributed by atoms with Gasteiger partial charge >= 0.3 is 0 Å². The summed E-state index contributed by atoms with van der Waals surface area (Å²) in [4.78, 5) is 11.2. The molecule has 0 aliphatic heterocycles. The molecule has 0 unspecified atom stereocenters. The molecule has 0 aromatic heterocycles. The summed E-state index contributed by atoms with van der Waals surface area (Å²) in [5, 5.41) is 12.1. The Labute approximate surface area is 83.8 Å². The van der Waals surface area contributed by atoms with Crippen LogP contribution in [0.2, 0.25) is 0 Å². The van der Waals surface area contributed by atoms with E-state index in [1.165, 1.54) is 0 Å². The van der Waals surface area contributed by atoms with E-state index in [4.69, 9.17) is 0 Å². The fraction of sp³-hybridized carbons (Fsp3) is 0.364. The number of carbonyl (C=O) groups is 1. The highest BCUT2D eigenvalue weighted by Crippen LogP contribution is 2.20. The van der Waals surface area contributed by atoms with Crippen LogP contribution in [0.5, 0.6) is 5.75 Å². The second kappa shape index (κ2) is 4.65. The third-order valence-electron chi connectivity index (χ3n) is 1.97. The number of amides is 1. The summed E-state index contributed by atoms with van der Waals surface area (Å²) < 4.78 is 0. The number of hydrogen-bond donors (Lipinski definition) is 2. The van der Waals surface area contributed by atoms with Crippen molar-refractivity contribution in [3.05, 3.63) is 23.8 Å². The molecule has 1 amide bonds. The van der Waals surface area contributed by atoms with Crippen molar-refractivity contribution in [1.29, 1.82) is 0 Å². The molecule has 1 aromatic rings. The van der Waals surface area contributed by atoms with Crippen LogP contribution in [-0.2, 0) is 4.79 Å². The number of aryl methyl sites for hydroxylation is 1. The van der Waals surface area contributed by atoms with E-state index in [1.807, 2.05) is 13.8 Å². The molecule has 1 rings (SSSR count). The predicted octanol–water partition coefficient (Wildman–Crippen LogP) is 2.44. The summed E-state index contributed by atoms with van der Waals surface area (Å²) in [5.74, 6) is 0.190.